The monoisotopic (exact) mass is 274 g/mol. The number of sulfonamides is 1. The molecule has 1 aromatic heterocycles. The molecule has 1 heterocycles. The van der Waals surface area contributed by atoms with Crippen LogP contribution in [0, 0.1) is 12.3 Å². The smallest absolute Gasteiger partial charge is 0.244 e. The summed E-state index contributed by atoms with van der Waals surface area (Å²) in [5.74, 6) is 0. The van der Waals surface area contributed by atoms with Gasteiger partial charge in [-0.25, -0.2) is 13.1 Å². The van der Waals surface area contributed by atoms with Crippen LogP contribution in [0.3, 0.4) is 0 Å². The minimum Gasteiger partial charge on any atom is -0.325 e. The Morgan fingerprint density at radius 1 is 1.44 bits per heavy atom. The summed E-state index contributed by atoms with van der Waals surface area (Å²) >= 11 is 0. The van der Waals surface area contributed by atoms with E-state index in [9.17, 15) is 8.42 Å². The van der Waals surface area contributed by atoms with E-state index in [1.54, 1.807) is 6.92 Å². The van der Waals surface area contributed by atoms with Crippen LogP contribution >= 0.6 is 0 Å². The summed E-state index contributed by atoms with van der Waals surface area (Å²) in [4.78, 5) is 0.168. The number of nitrogens with two attached hydrogens (primary N) is 1. The molecular weight excluding hydrogens is 252 g/mol. The van der Waals surface area contributed by atoms with Gasteiger partial charge < -0.3 is 5.73 Å². The van der Waals surface area contributed by atoms with Gasteiger partial charge in [-0.3, -0.25) is 5.10 Å². The van der Waals surface area contributed by atoms with Crippen molar-refractivity contribution < 1.29 is 8.42 Å². The Balaban J connectivity index is 3.11. The molecule has 0 amide bonds. The maximum atomic E-state index is 12.3. The molecule has 1 rings (SSSR count). The number of rotatable bonds is 4. The van der Waals surface area contributed by atoms with Crippen molar-refractivity contribution in [2.45, 2.75) is 52.1 Å². The van der Waals surface area contributed by atoms with E-state index in [4.69, 9.17) is 5.73 Å². The van der Waals surface area contributed by atoms with Gasteiger partial charge in [-0.2, -0.15) is 5.10 Å². The van der Waals surface area contributed by atoms with E-state index in [1.165, 1.54) is 0 Å². The Kier molecular flexibility index (Phi) is 4.19. The second-order valence-electron chi connectivity index (χ2n) is 5.54. The number of aromatic nitrogens is 2. The summed E-state index contributed by atoms with van der Waals surface area (Å²) in [6, 6.07) is -0.192. The number of hydrogen-bond acceptors (Lipinski definition) is 4. The van der Waals surface area contributed by atoms with E-state index >= 15 is 0 Å². The lowest BCUT2D eigenvalue weighted by Gasteiger charge is -2.27. The fourth-order valence-corrected chi connectivity index (χ4v) is 3.26. The van der Waals surface area contributed by atoms with Crippen LogP contribution in [0.25, 0.3) is 0 Å². The molecule has 0 saturated carbocycles. The van der Waals surface area contributed by atoms with E-state index in [0.29, 0.717) is 11.4 Å². The van der Waals surface area contributed by atoms with Gasteiger partial charge in [0, 0.05) is 12.6 Å². The highest BCUT2D eigenvalue weighted by molar-refractivity contribution is 7.89. The third-order valence-electron chi connectivity index (χ3n) is 3.05. The zero-order valence-corrected chi connectivity index (χ0v) is 12.4. The minimum absolute atomic E-state index is 0.0878. The first-order valence-electron chi connectivity index (χ1n) is 5.86. The molecule has 0 bridgehead atoms. The first kappa shape index (κ1) is 15.1. The third kappa shape index (κ3) is 3.09. The van der Waals surface area contributed by atoms with E-state index in [0.717, 1.165) is 0 Å². The van der Waals surface area contributed by atoms with Gasteiger partial charge in [0.05, 0.1) is 11.4 Å². The quantitative estimate of drug-likeness (QED) is 0.759. The standard InChI is InChI=1S/C11H22N4O2S/c1-7-10(9(6-12)14-13-7)18(16,17)15-8(2)11(3,4)5/h8,15H,6,12H2,1-5H3,(H,13,14). The van der Waals surface area contributed by atoms with Gasteiger partial charge in [0.2, 0.25) is 10.0 Å². The fraction of sp³-hybridized carbons (Fsp3) is 0.727. The Morgan fingerprint density at radius 2 is 2.00 bits per heavy atom. The number of nitrogens with one attached hydrogen (secondary N) is 2. The third-order valence-corrected chi connectivity index (χ3v) is 4.80. The molecule has 0 aromatic carbocycles. The molecule has 0 fully saturated rings. The summed E-state index contributed by atoms with van der Waals surface area (Å²) < 4.78 is 27.3. The second kappa shape index (κ2) is 4.99. The molecule has 7 heteroatoms. The minimum atomic E-state index is -3.60. The average molecular weight is 274 g/mol. The molecular formula is C11H22N4O2S. The first-order valence-corrected chi connectivity index (χ1v) is 7.34. The number of H-pyrrole nitrogens is 1. The maximum Gasteiger partial charge on any atom is 0.244 e. The van der Waals surface area contributed by atoms with Gasteiger partial charge in [-0.05, 0) is 19.3 Å². The Labute approximate surface area is 108 Å². The highest BCUT2D eigenvalue weighted by atomic mass is 32.2. The normalized spacial score (nSPS) is 14.8. The van der Waals surface area contributed by atoms with Crippen molar-refractivity contribution in [3.8, 4) is 0 Å². The number of hydrogen-bond donors (Lipinski definition) is 3. The van der Waals surface area contributed by atoms with Crippen molar-refractivity contribution in [2.24, 2.45) is 11.1 Å². The van der Waals surface area contributed by atoms with Crippen LogP contribution in [-0.4, -0.2) is 24.7 Å². The number of aromatic amines is 1. The zero-order valence-electron chi connectivity index (χ0n) is 11.5. The van der Waals surface area contributed by atoms with Crippen LogP contribution in [-0.2, 0) is 16.6 Å². The van der Waals surface area contributed by atoms with Gasteiger partial charge >= 0.3 is 0 Å². The molecule has 0 saturated heterocycles. The largest absolute Gasteiger partial charge is 0.325 e. The van der Waals surface area contributed by atoms with Crippen LogP contribution in [0.2, 0.25) is 0 Å². The predicted molar refractivity (Wildman–Crippen MR) is 70.5 cm³/mol. The van der Waals surface area contributed by atoms with Crippen LogP contribution in [0.15, 0.2) is 4.90 Å². The molecule has 6 nitrogen and oxygen atoms in total. The van der Waals surface area contributed by atoms with Gasteiger partial charge in [0.1, 0.15) is 4.90 Å². The first-order chi connectivity index (χ1) is 8.09. The topological polar surface area (TPSA) is 101 Å². The predicted octanol–water partition coefficient (Wildman–Crippen LogP) is 0.890. The van der Waals surface area contributed by atoms with Gasteiger partial charge in [0.15, 0.2) is 0 Å². The summed E-state index contributed by atoms with van der Waals surface area (Å²) in [6.07, 6.45) is 0. The Bertz CT molecular complexity index is 514. The van der Waals surface area contributed by atoms with Crippen molar-refractivity contribution in [1.82, 2.24) is 14.9 Å². The molecule has 0 aliphatic carbocycles. The number of nitrogens with zero attached hydrogens (tertiary/aromatic N) is 1. The zero-order chi connectivity index (χ0) is 14.1. The van der Waals surface area contributed by atoms with E-state index in [-0.39, 0.29) is 22.9 Å². The van der Waals surface area contributed by atoms with Gasteiger partial charge in [-0.1, -0.05) is 20.8 Å². The molecule has 4 N–H and O–H groups in total. The lowest BCUT2D eigenvalue weighted by atomic mass is 9.89. The van der Waals surface area contributed by atoms with Crippen LogP contribution in [0.5, 0.6) is 0 Å². The SMILES string of the molecule is Cc1[nH]nc(CN)c1S(=O)(=O)NC(C)C(C)(C)C. The van der Waals surface area contributed by atoms with Crippen molar-refractivity contribution in [2.75, 3.05) is 0 Å². The second-order valence-corrected chi connectivity index (χ2v) is 7.19. The van der Waals surface area contributed by atoms with Crippen molar-refractivity contribution in [1.29, 1.82) is 0 Å². The highest BCUT2D eigenvalue weighted by Crippen LogP contribution is 2.23. The molecule has 1 unspecified atom stereocenters. The summed E-state index contributed by atoms with van der Waals surface area (Å²) in [7, 11) is -3.60. The fourth-order valence-electron chi connectivity index (χ4n) is 1.43. The lowest BCUT2D eigenvalue weighted by molar-refractivity contribution is 0.317. The summed E-state index contributed by atoms with van der Waals surface area (Å²) in [6.45, 7) is 9.53. The lowest BCUT2D eigenvalue weighted by Crippen LogP contribution is -2.41. The van der Waals surface area contributed by atoms with Gasteiger partial charge in [0.25, 0.3) is 0 Å². The maximum absolute atomic E-state index is 12.3. The molecule has 0 radical (unpaired) electrons. The molecule has 0 spiro atoms. The van der Waals surface area contributed by atoms with Crippen LogP contribution < -0.4 is 10.5 Å². The van der Waals surface area contributed by atoms with E-state index in [1.807, 2.05) is 27.7 Å². The average Bonchev–Trinajstić information content (AvgIpc) is 2.58. The van der Waals surface area contributed by atoms with Crippen molar-refractivity contribution in [3.05, 3.63) is 11.4 Å². The van der Waals surface area contributed by atoms with Crippen molar-refractivity contribution >= 4 is 10.0 Å². The van der Waals surface area contributed by atoms with E-state index < -0.39 is 10.0 Å². The summed E-state index contributed by atoms with van der Waals surface area (Å²) in [5, 5.41) is 6.56. The van der Waals surface area contributed by atoms with Crippen LogP contribution in [0.1, 0.15) is 39.1 Å². The molecule has 0 aliphatic heterocycles. The van der Waals surface area contributed by atoms with Gasteiger partial charge in [-0.15, -0.1) is 0 Å². The molecule has 1 aromatic rings. The molecule has 104 valence electrons. The Hall–Kier alpha value is -0.920. The Morgan fingerprint density at radius 3 is 2.44 bits per heavy atom. The highest BCUT2D eigenvalue weighted by Gasteiger charge is 2.29. The molecule has 0 aliphatic rings. The van der Waals surface area contributed by atoms with Crippen molar-refractivity contribution in [3.63, 3.8) is 0 Å². The summed E-state index contributed by atoms with van der Waals surface area (Å²) in [5.41, 5.74) is 6.21. The molecule has 18 heavy (non-hydrogen) atoms. The van der Waals surface area contributed by atoms with E-state index in [2.05, 4.69) is 14.9 Å². The van der Waals surface area contributed by atoms with Crippen LogP contribution in [0.4, 0.5) is 0 Å². The molecule has 1 atom stereocenters. The number of aryl methyl sites for hydroxylation is 1.